The van der Waals surface area contributed by atoms with Crippen LogP contribution in [0.5, 0.6) is 0 Å². The fourth-order valence-corrected chi connectivity index (χ4v) is 8.43. The first-order valence-corrected chi connectivity index (χ1v) is 15.8. The first kappa shape index (κ1) is 10.9. The van der Waals surface area contributed by atoms with E-state index >= 15 is 0 Å². The molecule has 0 aromatic heterocycles. The Kier molecular flexibility index (Phi) is 4.42. The summed E-state index contributed by atoms with van der Waals surface area (Å²) in [6.07, 6.45) is 10.7. The quantitative estimate of drug-likeness (QED) is 0.620. The van der Waals surface area contributed by atoms with Gasteiger partial charge < -0.3 is 0 Å². The monoisotopic (exact) mass is 276 g/mol. The van der Waals surface area contributed by atoms with Gasteiger partial charge in [-0.15, -0.1) is 0 Å². The van der Waals surface area contributed by atoms with E-state index in [0.29, 0.717) is 0 Å². The molecule has 0 aliphatic heterocycles. The number of rotatable bonds is 1. The molecular weight excluding hydrogens is 251 g/mol. The second-order valence-electron chi connectivity index (χ2n) is 5.41. The van der Waals surface area contributed by atoms with Gasteiger partial charge in [0.15, 0.2) is 0 Å². The summed E-state index contributed by atoms with van der Waals surface area (Å²) >= 11 is -1.51. The molecule has 0 aromatic carbocycles. The first-order valence-electron chi connectivity index (χ1n) is 5.61. The average molecular weight is 275 g/mol. The summed E-state index contributed by atoms with van der Waals surface area (Å²) in [5, 5.41) is 0. The van der Waals surface area contributed by atoms with Crippen molar-refractivity contribution < 1.29 is 0 Å². The van der Waals surface area contributed by atoms with Gasteiger partial charge >= 0.3 is 82.1 Å². The van der Waals surface area contributed by atoms with Gasteiger partial charge in [-0.1, -0.05) is 0 Å². The molecule has 0 unspecified atom stereocenters. The zero-order valence-electron chi connectivity index (χ0n) is 9.03. The fourth-order valence-electron chi connectivity index (χ4n) is 2.32. The van der Waals surface area contributed by atoms with Crippen LogP contribution >= 0.6 is 0 Å². The van der Waals surface area contributed by atoms with Crippen LogP contribution in [0.15, 0.2) is 0 Å². The predicted octanol–water partition coefficient (Wildman–Crippen LogP) is 4.44. The molecule has 1 rings (SSSR count). The molecule has 72 valence electrons. The predicted molar refractivity (Wildman–Crippen MR) is 59.4 cm³/mol. The molecule has 0 aromatic rings. The second-order valence-corrected chi connectivity index (χ2v) is 21.2. The second kappa shape index (κ2) is 4.88. The van der Waals surface area contributed by atoms with E-state index < -0.39 is 18.4 Å². The van der Waals surface area contributed by atoms with Crippen LogP contribution < -0.4 is 0 Å². The van der Waals surface area contributed by atoms with Gasteiger partial charge in [0.2, 0.25) is 0 Å². The third-order valence-electron chi connectivity index (χ3n) is 3.33. The van der Waals surface area contributed by atoms with E-state index in [0.717, 1.165) is 0 Å². The zero-order valence-corrected chi connectivity index (χ0v) is 11.9. The van der Waals surface area contributed by atoms with Crippen molar-refractivity contribution in [2.75, 3.05) is 0 Å². The maximum atomic E-state index is 2.61. The van der Waals surface area contributed by atoms with Crippen molar-refractivity contribution in [1.29, 1.82) is 0 Å². The SMILES string of the molecule is [CH3][Sn]([CH3])([CH3])[CH]1CCCCCCC1. The first-order chi connectivity index (χ1) is 5.61. The minimum absolute atomic E-state index is 1.19. The van der Waals surface area contributed by atoms with Crippen LogP contribution in [0, 0.1) is 0 Å². The van der Waals surface area contributed by atoms with E-state index in [4.69, 9.17) is 0 Å². The molecule has 0 spiro atoms. The van der Waals surface area contributed by atoms with E-state index in [1.807, 2.05) is 0 Å². The Morgan fingerprint density at radius 1 is 0.750 bits per heavy atom. The van der Waals surface area contributed by atoms with Gasteiger partial charge in [-0.2, -0.15) is 0 Å². The van der Waals surface area contributed by atoms with E-state index in [9.17, 15) is 0 Å². The van der Waals surface area contributed by atoms with Gasteiger partial charge in [0.1, 0.15) is 0 Å². The zero-order chi connectivity index (χ0) is 9.03. The molecule has 0 bridgehead atoms. The summed E-state index contributed by atoms with van der Waals surface area (Å²) in [5.41, 5.74) is 0. The van der Waals surface area contributed by atoms with Gasteiger partial charge in [-0.25, -0.2) is 0 Å². The summed E-state index contributed by atoms with van der Waals surface area (Å²) in [6, 6.07) is 0. The van der Waals surface area contributed by atoms with Gasteiger partial charge in [-0.3, -0.25) is 0 Å². The Hall–Kier alpha value is 0.799. The summed E-state index contributed by atoms with van der Waals surface area (Å²) in [7, 11) is 0. The standard InChI is InChI=1S/C8H15.3CH3.Sn/c1-2-4-6-8-7-5-3-1;;;;/h1H,2-8H2;3*1H3;. The Bertz CT molecular complexity index is 115. The van der Waals surface area contributed by atoms with E-state index in [1.165, 1.54) is 36.0 Å². The van der Waals surface area contributed by atoms with Gasteiger partial charge in [0, 0.05) is 0 Å². The molecule has 1 aliphatic rings. The van der Waals surface area contributed by atoms with Gasteiger partial charge in [0.05, 0.1) is 0 Å². The average Bonchev–Trinajstić information content (AvgIpc) is 1.81. The van der Waals surface area contributed by atoms with Crippen LogP contribution in [0.1, 0.15) is 44.9 Å². The molecule has 1 heteroatoms. The van der Waals surface area contributed by atoms with Gasteiger partial charge in [-0.05, 0) is 0 Å². The Balaban J connectivity index is 2.40. The van der Waals surface area contributed by atoms with Crippen LogP contribution in [-0.2, 0) is 0 Å². The topological polar surface area (TPSA) is 0 Å². The van der Waals surface area contributed by atoms with Crippen molar-refractivity contribution in [2.45, 2.75) is 63.7 Å². The molecule has 1 aliphatic carbocycles. The molecule has 1 fully saturated rings. The van der Waals surface area contributed by atoms with Crippen LogP contribution in [0.4, 0.5) is 0 Å². The van der Waals surface area contributed by atoms with Crippen molar-refractivity contribution in [2.24, 2.45) is 0 Å². The van der Waals surface area contributed by atoms with Crippen molar-refractivity contribution in [3.8, 4) is 0 Å². The minimum atomic E-state index is -1.51. The van der Waals surface area contributed by atoms with Crippen LogP contribution in [-0.4, -0.2) is 18.4 Å². The molecule has 0 N–H and O–H groups in total. The molecule has 0 amide bonds. The van der Waals surface area contributed by atoms with Crippen LogP contribution in [0.25, 0.3) is 0 Å². The molecule has 0 nitrogen and oxygen atoms in total. The summed E-state index contributed by atoms with van der Waals surface area (Å²) < 4.78 is 1.19. The Labute approximate surface area is 82.0 Å². The van der Waals surface area contributed by atoms with E-state index in [2.05, 4.69) is 14.8 Å². The molecular formula is C11H24Sn. The molecule has 0 saturated heterocycles. The number of hydrogen-bond acceptors (Lipinski definition) is 0. The summed E-state index contributed by atoms with van der Waals surface area (Å²) in [5.74, 6) is 0. The van der Waals surface area contributed by atoms with Crippen LogP contribution in [0.2, 0.25) is 18.8 Å². The van der Waals surface area contributed by atoms with Crippen LogP contribution in [0.3, 0.4) is 0 Å². The fraction of sp³-hybridized carbons (Fsp3) is 1.00. The third-order valence-corrected chi connectivity index (χ3v) is 12.0. The normalized spacial score (nSPS) is 23.2. The Morgan fingerprint density at radius 2 is 1.17 bits per heavy atom. The van der Waals surface area contributed by atoms with Crippen molar-refractivity contribution >= 4 is 18.4 Å². The summed E-state index contributed by atoms with van der Waals surface area (Å²) in [4.78, 5) is 7.84. The number of hydrogen-bond donors (Lipinski definition) is 0. The third kappa shape index (κ3) is 3.67. The Morgan fingerprint density at radius 3 is 1.58 bits per heavy atom. The maximum absolute atomic E-state index is 2.61. The summed E-state index contributed by atoms with van der Waals surface area (Å²) in [6.45, 7) is 0. The van der Waals surface area contributed by atoms with Gasteiger partial charge in [0.25, 0.3) is 0 Å². The van der Waals surface area contributed by atoms with E-state index in [-0.39, 0.29) is 0 Å². The van der Waals surface area contributed by atoms with E-state index in [1.54, 1.807) is 12.8 Å². The van der Waals surface area contributed by atoms with Crippen molar-refractivity contribution in [3.63, 3.8) is 0 Å². The van der Waals surface area contributed by atoms with Crippen molar-refractivity contribution in [3.05, 3.63) is 0 Å². The molecule has 0 heterocycles. The molecule has 1 saturated carbocycles. The van der Waals surface area contributed by atoms with Crippen molar-refractivity contribution in [1.82, 2.24) is 0 Å². The molecule has 12 heavy (non-hydrogen) atoms. The molecule has 0 atom stereocenters. The molecule has 0 radical (unpaired) electrons.